The third-order valence-corrected chi connectivity index (χ3v) is 3.95. The van der Waals surface area contributed by atoms with E-state index >= 15 is 0 Å². The summed E-state index contributed by atoms with van der Waals surface area (Å²) in [6.45, 7) is 0.00183. The van der Waals surface area contributed by atoms with E-state index in [4.69, 9.17) is 11.6 Å². The van der Waals surface area contributed by atoms with E-state index in [1.807, 2.05) is 0 Å². The molecule has 1 aromatic rings. The molecule has 0 saturated heterocycles. The van der Waals surface area contributed by atoms with E-state index in [0.29, 0.717) is 10.6 Å². The second-order valence-electron chi connectivity index (χ2n) is 5.45. The summed E-state index contributed by atoms with van der Waals surface area (Å²) < 4.78 is 0. The van der Waals surface area contributed by atoms with Crippen LogP contribution in [0.2, 0.25) is 5.02 Å². The van der Waals surface area contributed by atoms with E-state index in [1.165, 1.54) is 25.7 Å². The molecule has 1 fully saturated rings. The number of carbonyl (C=O) groups is 2. The van der Waals surface area contributed by atoms with Gasteiger partial charge in [-0.05, 0) is 31.0 Å². The second kappa shape index (κ2) is 8.03. The molecule has 4 nitrogen and oxygen atoms in total. The van der Waals surface area contributed by atoms with Crippen molar-refractivity contribution in [2.24, 2.45) is 0 Å². The van der Waals surface area contributed by atoms with Crippen molar-refractivity contribution in [3.63, 3.8) is 0 Å². The summed E-state index contributed by atoms with van der Waals surface area (Å²) in [6, 6.07) is 6.92. The van der Waals surface area contributed by atoms with Crippen LogP contribution >= 0.6 is 11.6 Å². The highest BCUT2D eigenvalue weighted by atomic mass is 35.5. The van der Waals surface area contributed by atoms with Crippen LogP contribution in [-0.4, -0.2) is 24.4 Å². The van der Waals surface area contributed by atoms with Crippen molar-refractivity contribution in [3.8, 4) is 0 Å². The monoisotopic (exact) mass is 308 g/mol. The van der Waals surface area contributed by atoms with Gasteiger partial charge in [-0.3, -0.25) is 9.59 Å². The summed E-state index contributed by atoms with van der Waals surface area (Å²) in [5.74, 6) is -0.411. The average Bonchev–Trinajstić information content (AvgIpc) is 2.73. The largest absolute Gasteiger partial charge is 0.352 e. The Morgan fingerprint density at radius 3 is 2.52 bits per heavy atom. The van der Waals surface area contributed by atoms with Gasteiger partial charge in [-0.25, -0.2) is 0 Å². The molecule has 0 heterocycles. The van der Waals surface area contributed by atoms with Gasteiger partial charge in [0.25, 0.3) is 5.91 Å². The van der Waals surface area contributed by atoms with E-state index in [0.717, 1.165) is 12.8 Å². The van der Waals surface area contributed by atoms with Gasteiger partial charge in [-0.2, -0.15) is 0 Å². The minimum atomic E-state index is -0.284. The SMILES string of the molecule is O=C(CNC(=O)c1cccc(Cl)c1)NC1CCCCCC1. The Morgan fingerprint density at radius 1 is 1.14 bits per heavy atom. The zero-order chi connectivity index (χ0) is 15.1. The number of nitrogens with one attached hydrogen (secondary N) is 2. The normalized spacial score (nSPS) is 16.0. The van der Waals surface area contributed by atoms with Crippen LogP contribution < -0.4 is 10.6 Å². The van der Waals surface area contributed by atoms with E-state index in [-0.39, 0.29) is 24.4 Å². The highest BCUT2D eigenvalue weighted by Gasteiger charge is 2.15. The summed E-state index contributed by atoms with van der Waals surface area (Å²) in [5.41, 5.74) is 0.463. The number of carbonyl (C=O) groups excluding carboxylic acids is 2. The summed E-state index contributed by atoms with van der Waals surface area (Å²) >= 11 is 5.84. The first-order valence-electron chi connectivity index (χ1n) is 7.48. The van der Waals surface area contributed by atoms with E-state index < -0.39 is 0 Å². The average molecular weight is 309 g/mol. The number of hydrogen-bond donors (Lipinski definition) is 2. The molecule has 0 spiro atoms. The molecule has 114 valence electrons. The molecular formula is C16H21ClN2O2. The maximum absolute atomic E-state index is 11.9. The van der Waals surface area contributed by atoms with Crippen molar-refractivity contribution in [1.29, 1.82) is 0 Å². The van der Waals surface area contributed by atoms with Gasteiger partial charge >= 0.3 is 0 Å². The predicted octanol–water partition coefficient (Wildman–Crippen LogP) is 2.91. The lowest BCUT2D eigenvalue weighted by atomic mass is 10.1. The van der Waals surface area contributed by atoms with Gasteiger partial charge in [0, 0.05) is 16.6 Å². The molecule has 1 aliphatic rings. The number of halogens is 1. The lowest BCUT2D eigenvalue weighted by molar-refractivity contribution is -0.120. The van der Waals surface area contributed by atoms with Crippen LogP contribution in [0.3, 0.4) is 0 Å². The second-order valence-corrected chi connectivity index (χ2v) is 5.89. The smallest absolute Gasteiger partial charge is 0.251 e. The quantitative estimate of drug-likeness (QED) is 0.840. The van der Waals surface area contributed by atoms with Gasteiger partial charge in [0.2, 0.25) is 5.91 Å². The molecule has 2 N–H and O–H groups in total. The van der Waals surface area contributed by atoms with E-state index in [1.54, 1.807) is 24.3 Å². The maximum atomic E-state index is 11.9. The summed E-state index contributed by atoms with van der Waals surface area (Å²) in [4.78, 5) is 23.8. The van der Waals surface area contributed by atoms with Gasteiger partial charge in [0.05, 0.1) is 6.54 Å². The predicted molar refractivity (Wildman–Crippen MR) is 83.4 cm³/mol. The number of hydrogen-bond acceptors (Lipinski definition) is 2. The highest BCUT2D eigenvalue weighted by Crippen LogP contribution is 2.17. The van der Waals surface area contributed by atoms with Crippen LogP contribution in [0.5, 0.6) is 0 Å². The van der Waals surface area contributed by atoms with Crippen molar-refractivity contribution < 1.29 is 9.59 Å². The molecule has 1 aromatic carbocycles. The fourth-order valence-corrected chi connectivity index (χ4v) is 2.79. The molecule has 21 heavy (non-hydrogen) atoms. The van der Waals surface area contributed by atoms with Gasteiger partial charge in [0.1, 0.15) is 0 Å². The highest BCUT2D eigenvalue weighted by molar-refractivity contribution is 6.30. The lowest BCUT2D eigenvalue weighted by Crippen LogP contribution is -2.41. The van der Waals surface area contributed by atoms with Crippen LogP contribution in [0, 0.1) is 0 Å². The van der Waals surface area contributed by atoms with Gasteiger partial charge in [-0.15, -0.1) is 0 Å². The summed E-state index contributed by atoms with van der Waals surface area (Å²) in [5, 5.41) is 6.12. The van der Waals surface area contributed by atoms with Crippen LogP contribution in [0.15, 0.2) is 24.3 Å². The molecule has 0 unspecified atom stereocenters. The van der Waals surface area contributed by atoms with Crippen LogP contribution in [-0.2, 0) is 4.79 Å². The van der Waals surface area contributed by atoms with Crippen LogP contribution in [0.1, 0.15) is 48.9 Å². The molecule has 0 aliphatic heterocycles. The van der Waals surface area contributed by atoms with Crippen molar-refractivity contribution in [1.82, 2.24) is 10.6 Å². The lowest BCUT2D eigenvalue weighted by Gasteiger charge is -2.16. The van der Waals surface area contributed by atoms with Crippen LogP contribution in [0.4, 0.5) is 0 Å². The molecule has 0 aromatic heterocycles. The fourth-order valence-electron chi connectivity index (χ4n) is 2.59. The molecule has 2 rings (SSSR count). The molecule has 1 aliphatic carbocycles. The Hall–Kier alpha value is -1.55. The summed E-state index contributed by atoms with van der Waals surface area (Å²) in [6.07, 6.45) is 6.90. The van der Waals surface area contributed by atoms with Gasteiger partial charge in [0.15, 0.2) is 0 Å². The third kappa shape index (κ3) is 5.38. The van der Waals surface area contributed by atoms with E-state index in [2.05, 4.69) is 10.6 Å². The molecule has 5 heteroatoms. The zero-order valence-electron chi connectivity index (χ0n) is 12.0. The third-order valence-electron chi connectivity index (χ3n) is 3.72. The maximum Gasteiger partial charge on any atom is 0.251 e. The van der Waals surface area contributed by atoms with Gasteiger partial charge in [-0.1, -0.05) is 43.4 Å². The van der Waals surface area contributed by atoms with Crippen molar-refractivity contribution >= 4 is 23.4 Å². The van der Waals surface area contributed by atoms with E-state index in [9.17, 15) is 9.59 Å². The molecule has 0 bridgehead atoms. The minimum absolute atomic E-state index is 0.00183. The molecule has 2 amide bonds. The Bertz CT molecular complexity index is 497. The molecule has 0 atom stereocenters. The van der Waals surface area contributed by atoms with Crippen molar-refractivity contribution in [3.05, 3.63) is 34.9 Å². The molecule has 0 radical (unpaired) electrons. The molecule has 1 saturated carbocycles. The Morgan fingerprint density at radius 2 is 1.86 bits per heavy atom. The van der Waals surface area contributed by atoms with Crippen molar-refractivity contribution in [2.75, 3.05) is 6.54 Å². The minimum Gasteiger partial charge on any atom is -0.352 e. The Kier molecular flexibility index (Phi) is 6.05. The zero-order valence-corrected chi connectivity index (χ0v) is 12.8. The molecular weight excluding hydrogens is 288 g/mol. The number of benzene rings is 1. The van der Waals surface area contributed by atoms with Gasteiger partial charge < -0.3 is 10.6 Å². The first-order valence-corrected chi connectivity index (χ1v) is 7.86. The van der Waals surface area contributed by atoms with Crippen LogP contribution in [0.25, 0.3) is 0 Å². The first-order chi connectivity index (χ1) is 10.1. The topological polar surface area (TPSA) is 58.2 Å². The Labute approximate surface area is 130 Å². The standard InChI is InChI=1S/C16H21ClN2O2/c17-13-7-5-6-12(10-13)16(21)18-11-15(20)19-14-8-3-1-2-4-9-14/h5-7,10,14H,1-4,8-9,11H2,(H,18,21)(H,19,20). The first kappa shape index (κ1) is 15.8. The fraction of sp³-hybridized carbons (Fsp3) is 0.500. The Balaban J connectivity index is 1.76. The van der Waals surface area contributed by atoms with Crippen molar-refractivity contribution in [2.45, 2.75) is 44.6 Å². The summed E-state index contributed by atoms with van der Waals surface area (Å²) in [7, 11) is 0. The number of rotatable bonds is 4. The number of amides is 2.